The number of fused-ring (bicyclic) bond motifs is 6. The van der Waals surface area contributed by atoms with Crippen LogP contribution in [0.4, 0.5) is 14.5 Å². The van der Waals surface area contributed by atoms with Crippen molar-refractivity contribution in [3.05, 3.63) is 70.5 Å². The average molecular weight is 405 g/mol. The van der Waals surface area contributed by atoms with Gasteiger partial charge in [0.15, 0.2) is 5.69 Å². The summed E-state index contributed by atoms with van der Waals surface area (Å²) in [5, 5.41) is 7.54. The molecule has 3 aromatic rings. The van der Waals surface area contributed by atoms with E-state index in [9.17, 15) is 13.6 Å². The minimum Gasteiger partial charge on any atom is -0.307 e. The second kappa shape index (κ2) is 6.49. The van der Waals surface area contributed by atoms with Crippen LogP contribution < -0.4 is 4.90 Å². The third-order valence-electron chi connectivity index (χ3n) is 7.00. The molecule has 1 N–H and O–H groups in total. The van der Waals surface area contributed by atoms with Gasteiger partial charge in [-0.15, -0.1) is 0 Å². The summed E-state index contributed by atoms with van der Waals surface area (Å²) in [5.74, 6) is -0.322. The van der Waals surface area contributed by atoms with Crippen LogP contribution in [0.15, 0.2) is 36.4 Å². The summed E-state index contributed by atoms with van der Waals surface area (Å²) in [4.78, 5) is 15.3. The normalized spacial score (nSPS) is 21.6. The Kier molecular flexibility index (Phi) is 3.85. The SMILES string of the molecule is O=C(c1n[nH]c2c1C1CCC2C1)N1CCCc2c(-c3ccc(F)cc3F)cccc21. The second-order valence-corrected chi connectivity index (χ2v) is 8.59. The molecule has 6 heteroatoms. The summed E-state index contributed by atoms with van der Waals surface area (Å²) in [7, 11) is 0. The first-order chi connectivity index (χ1) is 14.6. The number of rotatable bonds is 2. The van der Waals surface area contributed by atoms with Crippen LogP contribution in [0, 0.1) is 11.6 Å². The van der Waals surface area contributed by atoms with E-state index in [1.807, 2.05) is 18.2 Å². The molecule has 1 amide bonds. The van der Waals surface area contributed by atoms with Crippen molar-refractivity contribution in [3.63, 3.8) is 0 Å². The number of hydrogen-bond donors (Lipinski definition) is 1. The quantitative estimate of drug-likeness (QED) is 0.628. The van der Waals surface area contributed by atoms with Crippen molar-refractivity contribution in [2.45, 2.75) is 43.9 Å². The lowest BCUT2D eigenvalue weighted by Gasteiger charge is -2.31. The Hall–Kier alpha value is -3.02. The van der Waals surface area contributed by atoms with E-state index in [1.165, 1.54) is 18.6 Å². The number of benzene rings is 2. The molecule has 1 saturated carbocycles. The van der Waals surface area contributed by atoms with Crippen LogP contribution in [0.3, 0.4) is 0 Å². The molecule has 3 aliphatic rings. The van der Waals surface area contributed by atoms with E-state index < -0.39 is 11.6 Å². The van der Waals surface area contributed by atoms with Crippen LogP contribution in [-0.4, -0.2) is 22.6 Å². The maximum absolute atomic E-state index is 14.5. The van der Waals surface area contributed by atoms with Gasteiger partial charge in [-0.25, -0.2) is 8.78 Å². The van der Waals surface area contributed by atoms with E-state index in [2.05, 4.69) is 10.2 Å². The molecule has 0 saturated heterocycles. The van der Waals surface area contributed by atoms with Crippen molar-refractivity contribution >= 4 is 11.6 Å². The maximum Gasteiger partial charge on any atom is 0.279 e. The number of carbonyl (C=O) groups is 1. The summed E-state index contributed by atoms with van der Waals surface area (Å²) in [6, 6.07) is 9.23. The van der Waals surface area contributed by atoms with E-state index in [1.54, 1.807) is 4.90 Å². The Labute approximate surface area is 172 Å². The Balaban J connectivity index is 1.42. The molecule has 0 radical (unpaired) electrons. The highest BCUT2D eigenvalue weighted by Crippen LogP contribution is 2.53. The van der Waals surface area contributed by atoms with Crippen LogP contribution in [0.25, 0.3) is 11.1 Å². The zero-order valence-corrected chi connectivity index (χ0v) is 16.4. The number of halogens is 2. The smallest absolute Gasteiger partial charge is 0.279 e. The minimum atomic E-state index is -0.598. The highest BCUT2D eigenvalue weighted by molar-refractivity contribution is 6.07. The summed E-state index contributed by atoms with van der Waals surface area (Å²) < 4.78 is 27.9. The molecule has 1 aromatic heterocycles. The Morgan fingerprint density at radius 1 is 1.10 bits per heavy atom. The number of carbonyl (C=O) groups excluding carboxylic acids is 1. The lowest BCUT2D eigenvalue weighted by Crippen LogP contribution is -2.36. The number of amides is 1. The number of hydrogen-bond acceptors (Lipinski definition) is 2. The molecule has 0 spiro atoms. The first kappa shape index (κ1) is 17.8. The minimum absolute atomic E-state index is 0.0854. The van der Waals surface area contributed by atoms with Gasteiger partial charge in [-0.3, -0.25) is 9.89 Å². The average Bonchev–Trinajstić information content (AvgIpc) is 3.47. The van der Waals surface area contributed by atoms with Gasteiger partial charge in [0.1, 0.15) is 11.6 Å². The fourth-order valence-corrected chi connectivity index (χ4v) is 5.68. The number of H-pyrrole nitrogens is 1. The molecular formula is C24H21F2N3O. The van der Waals surface area contributed by atoms with Crippen molar-refractivity contribution in [2.75, 3.05) is 11.4 Å². The first-order valence-corrected chi connectivity index (χ1v) is 10.6. The largest absolute Gasteiger partial charge is 0.307 e. The molecule has 2 unspecified atom stereocenters. The topological polar surface area (TPSA) is 49.0 Å². The predicted octanol–water partition coefficient (Wildman–Crippen LogP) is 5.31. The van der Waals surface area contributed by atoms with Gasteiger partial charge in [0, 0.05) is 41.0 Å². The Morgan fingerprint density at radius 3 is 2.83 bits per heavy atom. The fraction of sp³-hybridized carbons (Fsp3) is 0.333. The molecule has 1 fully saturated rings. The van der Waals surface area contributed by atoms with Gasteiger partial charge in [0.2, 0.25) is 0 Å². The number of nitrogens with zero attached hydrogens (tertiary/aromatic N) is 2. The van der Waals surface area contributed by atoms with Gasteiger partial charge in [-0.05, 0) is 67.3 Å². The summed E-state index contributed by atoms with van der Waals surface area (Å²) in [6.07, 6.45) is 4.95. The predicted molar refractivity (Wildman–Crippen MR) is 110 cm³/mol. The zero-order valence-electron chi connectivity index (χ0n) is 16.4. The molecule has 2 atom stereocenters. The molecule has 152 valence electrons. The van der Waals surface area contributed by atoms with Gasteiger partial charge in [0.25, 0.3) is 5.91 Å². The van der Waals surface area contributed by atoms with Crippen molar-refractivity contribution in [1.82, 2.24) is 10.2 Å². The number of anilines is 1. The molecule has 30 heavy (non-hydrogen) atoms. The van der Waals surface area contributed by atoms with Crippen molar-refractivity contribution in [2.24, 2.45) is 0 Å². The van der Waals surface area contributed by atoms with E-state index in [-0.39, 0.29) is 5.91 Å². The van der Waals surface area contributed by atoms with Gasteiger partial charge in [0.05, 0.1) is 0 Å². The standard InChI is InChI=1S/C24H21F2N3O/c25-15-8-9-17(19(26)12-15)16-3-1-5-20-18(16)4-2-10-29(20)24(30)23-21-13-6-7-14(11-13)22(21)27-28-23/h1,3,5,8-9,12-14H,2,4,6-7,10-11H2,(H,27,28). The van der Waals surface area contributed by atoms with Crippen molar-refractivity contribution in [1.29, 1.82) is 0 Å². The lowest BCUT2D eigenvalue weighted by molar-refractivity contribution is 0.0979. The van der Waals surface area contributed by atoms with Crippen LogP contribution in [0.5, 0.6) is 0 Å². The van der Waals surface area contributed by atoms with Crippen molar-refractivity contribution in [3.8, 4) is 11.1 Å². The van der Waals surface area contributed by atoms with Crippen molar-refractivity contribution < 1.29 is 13.6 Å². The molecule has 2 heterocycles. The number of nitrogens with one attached hydrogen (secondary N) is 1. The summed E-state index contributed by atoms with van der Waals surface area (Å²) in [5.41, 5.74) is 5.61. The van der Waals surface area contributed by atoms with Crippen LogP contribution in [-0.2, 0) is 6.42 Å². The van der Waals surface area contributed by atoms with Gasteiger partial charge in [-0.1, -0.05) is 12.1 Å². The van der Waals surface area contributed by atoms with E-state index in [0.29, 0.717) is 35.2 Å². The van der Waals surface area contributed by atoms with E-state index in [4.69, 9.17) is 0 Å². The maximum atomic E-state index is 14.5. The second-order valence-electron chi connectivity index (χ2n) is 8.59. The van der Waals surface area contributed by atoms with Crippen LogP contribution >= 0.6 is 0 Å². The van der Waals surface area contributed by atoms with E-state index >= 15 is 0 Å². The third-order valence-corrected chi connectivity index (χ3v) is 7.00. The lowest BCUT2D eigenvalue weighted by atomic mass is 9.91. The third kappa shape index (κ3) is 2.49. The number of aromatic amines is 1. The summed E-state index contributed by atoms with van der Waals surface area (Å²) >= 11 is 0. The van der Waals surface area contributed by atoms with Crippen LogP contribution in [0.2, 0.25) is 0 Å². The monoisotopic (exact) mass is 405 g/mol. The zero-order chi connectivity index (χ0) is 20.4. The fourth-order valence-electron chi connectivity index (χ4n) is 5.68. The highest BCUT2D eigenvalue weighted by Gasteiger charge is 2.43. The summed E-state index contributed by atoms with van der Waals surface area (Å²) in [6.45, 7) is 0.608. The molecule has 4 nitrogen and oxygen atoms in total. The van der Waals surface area contributed by atoms with Gasteiger partial charge < -0.3 is 4.90 Å². The first-order valence-electron chi connectivity index (χ1n) is 10.6. The molecule has 6 rings (SSSR count). The van der Waals surface area contributed by atoms with Gasteiger partial charge in [-0.2, -0.15) is 5.10 Å². The number of aromatic nitrogens is 2. The van der Waals surface area contributed by atoms with Gasteiger partial charge >= 0.3 is 0 Å². The molecule has 2 aliphatic carbocycles. The van der Waals surface area contributed by atoms with Crippen LogP contribution in [0.1, 0.15) is 64.8 Å². The molecule has 2 aromatic carbocycles. The highest BCUT2D eigenvalue weighted by atomic mass is 19.1. The molecule has 2 bridgehead atoms. The molecule has 1 aliphatic heterocycles. The Morgan fingerprint density at radius 2 is 1.97 bits per heavy atom. The van der Waals surface area contributed by atoms with E-state index in [0.717, 1.165) is 54.3 Å². The molecular weight excluding hydrogens is 384 g/mol. The Bertz CT molecular complexity index is 1190.